The Hall–Kier alpha value is -1.91. The number of rotatable bonds is 3. The molecule has 0 bridgehead atoms. The lowest BCUT2D eigenvalue weighted by atomic mass is 10.1. The molecule has 2 heterocycles. The van der Waals surface area contributed by atoms with Crippen LogP contribution in [0.3, 0.4) is 0 Å². The summed E-state index contributed by atoms with van der Waals surface area (Å²) < 4.78 is 0. The largest absolute Gasteiger partial charge is 0.361 e. The molecular weight excluding hydrogens is 364 g/mol. The molecular formula is C21H21ClN2OS. The second-order valence-corrected chi connectivity index (χ2v) is 8.30. The number of thioether (sulfide) groups is 1. The van der Waals surface area contributed by atoms with Crippen LogP contribution < -0.4 is 0 Å². The predicted octanol–water partition coefficient (Wildman–Crippen LogP) is 5.07. The molecule has 1 unspecified atom stereocenters. The molecule has 0 spiro atoms. The summed E-state index contributed by atoms with van der Waals surface area (Å²) in [5.74, 6) is 1.14. The zero-order chi connectivity index (χ0) is 17.9. The van der Waals surface area contributed by atoms with Gasteiger partial charge in [-0.05, 0) is 29.7 Å². The summed E-state index contributed by atoms with van der Waals surface area (Å²) in [5, 5.41) is 2.32. The molecule has 1 aliphatic rings. The first-order valence-corrected chi connectivity index (χ1v) is 10.3. The molecule has 1 amide bonds. The van der Waals surface area contributed by atoms with Gasteiger partial charge in [0.1, 0.15) is 0 Å². The molecule has 1 atom stereocenters. The first-order valence-electron chi connectivity index (χ1n) is 8.91. The highest BCUT2D eigenvalue weighted by atomic mass is 35.5. The van der Waals surface area contributed by atoms with Crippen LogP contribution in [0.5, 0.6) is 0 Å². The zero-order valence-electron chi connectivity index (χ0n) is 14.5. The third-order valence-corrected chi connectivity index (χ3v) is 6.62. The van der Waals surface area contributed by atoms with Crippen molar-refractivity contribution < 1.29 is 4.79 Å². The van der Waals surface area contributed by atoms with Crippen molar-refractivity contribution >= 4 is 40.2 Å². The van der Waals surface area contributed by atoms with Crippen molar-refractivity contribution in [3.8, 4) is 0 Å². The van der Waals surface area contributed by atoms with Crippen molar-refractivity contribution in [1.82, 2.24) is 9.88 Å². The average Bonchev–Trinajstić information content (AvgIpc) is 2.90. The number of hydrogen-bond donors (Lipinski definition) is 1. The SMILES string of the molecule is O=C(Cc1c[nH]c2ccccc12)N1CCSC(c2ccccc2Cl)CC1. The number of para-hydroxylation sites is 1. The van der Waals surface area contributed by atoms with Crippen LogP contribution in [0.1, 0.15) is 22.8 Å². The van der Waals surface area contributed by atoms with Crippen LogP contribution in [-0.4, -0.2) is 34.6 Å². The Balaban J connectivity index is 1.44. The molecule has 26 heavy (non-hydrogen) atoms. The summed E-state index contributed by atoms with van der Waals surface area (Å²) in [6.45, 7) is 1.58. The maximum Gasteiger partial charge on any atom is 0.227 e. The molecule has 1 aromatic heterocycles. The number of halogens is 1. The van der Waals surface area contributed by atoms with E-state index in [1.807, 2.05) is 59.3 Å². The van der Waals surface area contributed by atoms with Gasteiger partial charge < -0.3 is 9.88 Å². The number of amides is 1. The minimum absolute atomic E-state index is 0.204. The number of fused-ring (bicyclic) bond motifs is 1. The molecule has 0 saturated carbocycles. The number of hydrogen-bond acceptors (Lipinski definition) is 2. The van der Waals surface area contributed by atoms with E-state index in [1.165, 1.54) is 5.56 Å². The van der Waals surface area contributed by atoms with Gasteiger partial charge in [-0.25, -0.2) is 0 Å². The molecule has 3 nitrogen and oxygen atoms in total. The van der Waals surface area contributed by atoms with Crippen LogP contribution in [0.2, 0.25) is 5.02 Å². The molecule has 0 aliphatic carbocycles. The lowest BCUT2D eigenvalue weighted by molar-refractivity contribution is -0.130. The number of nitrogens with one attached hydrogen (secondary N) is 1. The van der Waals surface area contributed by atoms with E-state index in [1.54, 1.807) is 0 Å². The fourth-order valence-corrected chi connectivity index (χ4v) is 5.16. The van der Waals surface area contributed by atoms with Gasteiger partial charge >= 0.3 is 0 Å². The van der Waals surface area contributed by atoms with Crippen molar-refractivity contribution in [3.05, 3.63) is 70.9 Å². The van der Waals surface area contributed by atoms with Gasteiger partial charge in [-0.2, -0.15) is 11.8 Å². The number of carbonyl (C=O) groups excluding carboxylic acids is 1. The van der Waals surface area contributed by atoms with Crippen molar-refractivity contribution in [2.75, 3.05) is 18.8 Å². The van der Waals surface area contributed by atoms with E-state index in [2.05, 4.69) is 17.1 Å². The van der Waals surface area contributed by atoms with Crippen molar-refractivity contribution in [3.63, 3.8) is 0 Å². The van der Waals surface area contributed by atoms with Crippen LogP contribution in [0, 0.1) is 0 Å². The van der Waals surface area contributed by atoms with Gasteiger partial charge in [0.2, 0.25) is 5.91 Å². The fraction of sp³-hybridized carbons (Fsp3) is 0.286. The topological polar surface area (TPSA) is 36.1 Å². The van der Waals surface area contributed by atoms with Gasteiger partial charge in [-0.3, -0.25) is 4.79 Å². The molecule has 134 valence electrons. The Bertz CT molecular complexity index is 923. The normalized spacial score (nSPS) is 18.0. The molecule has 2 aromatic carbocycles. The van der Waals surface area contributed by atoms with E-state index in [9.17, 15) is 4.79 Å². The molecule has 1 aliphatic heterocycles. The van der Waals surface area contributed by atoms with Crippen LogP contribution in [0.4, 0.5) is 0 Å². The van der Waals surface area contributed by atoms with E-state index in [0.717, 1.165) is 46.8 Å². The van der Waals surface area contributed by atoms with E-state index in [-0.39, 0.29) is 5.91 Å². The van der Waals surface area contributed by atoms with Crippen LogP contribution >= 0.6 is 23.4 Å². The number of H-pyrrole nitrogens is 1. The Labute approximate surface area is 162 Å². The summed E-state index contributed by atoms with van der Waals surface area (Å²) in [4.78, 5) is 18.1. The Kier molecular flexibility index (Phi) is 5.23. The average molecular weight is 385 g/mol. The molecule has 1 N–H and O–H groups in total. The molecule has 5 heteroatoms. The molecule has 3 aromatic rings. The van der Waals surface area contributed by atoms with Crippen LogP contribution in [0.25, 0.3) is 10.9 Å². The summed E-state index contributed by atoms with van der Waals surface area (Å²) in [6, 6.07) is 16.2. The lowest BCUT2D eigenvalue weighted by Crippen LogP contribution is -2.34. The van der Waals surface area contributed by atoms with Crippen molar-refractivity contribution in [2.24, 2.45) is 0 Å². The first-order chi connectivity index (χ1) is 12.7. The molecule has 0 radical (unpaired) electrons. The standard InChI is InChI=1S/C21H21ClN2OS/c22-18-7-3-1-6-17(18)20-9-10-24(11-12-26-20)21(25)13-15-14-23-19-8-4-2-5-16(15)19/h1-8,14,20,23H,9-13H2. The van der Waals surface area contributed by atoms with Gasteiger partial charge in [0.25, 0.3) is 0 Å². The third-order valence-electron chi connectivity index (χ3n) is 4.96. The summed E-state index contributed by atoms with van der Waals surface area (Å²) in [6.07, 6.45) is 3.35. The Morgan fingerprint density at radius 3 is 2.85 bits per heavy atom. The highest BCUT2D eigenvalue weighted by Crippen LogP contribution is 2.37. The molecule has 1 fully saturated rings. The molecule has 4 rings (SSSR count). The maximum atomic E-state index is 12.8. The quantitative estimate of drug-likeness (QED) is 0.684. The number of carbonyl (C=O) groups is 1. The second kappa shape index (κ2) is 7.77. The van der Waals surface area contributed by atoms with E-state index >= 15 is 0 Å². The van der Waals surface area contributed by atoms with Crippen molar-refractivity contribution in [2.45, 2.75) is 18.1 Å². The van der Waals surface area contributed by atoms with Gasteiger partial charge in [0, 0.05) is 46.2 Å². The summed E-state index contributed by atoms with van der Waals surface area (Å²) in [5.41, 5.74) is 3.34. The smallest absolute Gasteiger partial charge is 0.227 e. The summed E-state index contributed by atoms with van der Waals surface area (Å²) >= 11 is 8.26. The van der Waals surface area contributed by atoms with Gasteiger partial charge in [-0.1, -0.05) is 48.0 Å². The van der Waals surface area contributed by atoms with Gasteiger partial charge in [0.05, 0.1) is 6.42 Å². The number of aromatic nitrogens is 1. The Morgan fingerprint density at radius 2 is 1.96 bits per heavy atom. The third kappa shape index (κ3) is 3.62. The first kappa shape index (κ1) is 17.5. The highest BCUT2D eigenvalue weighted by molar-refractivity contribution is 7.99. The van der Waals surface area contributed by atoms with E-state index < -0.39 is 0 Å². The maximum absolute atomic E-state index is 12.8. The predicted molar refractivity (Wildman–Crippen MR) is 110 cm³/mol. The van der Waals surface area contributed by atoms with Crippen LogP contribution in [0.15, 0.2) is 54.7 Å². The molecule has 1 saturated heterocycles. The van der Waals surface area contributed by atoms with E-state index in [0.29, 0.717) is 11.7 Å². The van der Waals surface area contributed by atoms with Crippen molar-refractivity contribution in [1.29, 1.82) is 0 Å². The van der Waals surface area contributed by atoms with E-state index in [4.69, 9.17) is 11.6 Å². The zero-order valence-corrected chi connectivity index (χ0v) is 16.0. The number of benzene rings is 2. The minimum atomic E-state index is 0.204. The number of aromatic amines is 1. The highest BCUT2D eigenvalue weighted by Gasteiger charge is 2.23. The number of nitrogens with zero attached hydrogens (tertiary/aromatic N) is 1. The monoisotopic (exact) mass is 384 g/mol. The van der Waals surface area contributed by atoms with Gasteiger partial charge in [0.15, 0.2) is 0 Å². The second-order valence-electron chi connectivity index (χ2n) is 6.59. The minimum Gasteiger partial charge on any atom is -0.361 e. The van der Waals surface area contributed by atoms with Gasteiger partial charge in [-0.15, -0.1) is 0 Å². The Morgan fingerprint density at radius 1 is 1.15 bits per heavy atom. The van der Waals surface area contributed by atoms with Crippen LogP contribution in [-0.2, 0) is 11.2 Å². The summed E-state index contributed by atoms with van der Waals surface area (Å²) in [7, 11) is 0. The fourth-order valence-electron chi connectivity index (χ4n) is 3.56. The lowest BCUT2D eigenvalue weighted by Gasteiger charge is -2.20.